The molecule has 1 aromatic rings. The van der Waals surface area contributed by atoms with Gasteiger partial charge in [0.25, 0.3) is 0 Å². The molecule has 0 aromatic heterocycles. The fourth-order valence-electron chi connectivity index (χ4n) is 3.48. The van der Waals surface area contributed by atoms with Crippen LogP contribution in [-0.2, 0) is 21.1 Å². The Morgan fingerprint density at radius 1 is 1.15 bits per heavy atom. The molecule has 0 radical (unpaired) electrons. The van der Waals surface area contributed by atoms with Crippen molar-refractivity contribution in [3.63, 3.8) is 0 Å². The van der Waals surface area contributed by atoms with E-state index in [9.17, 15) is 22.0 Å². The second-order valence-corrected chi connectivity index (χ2v) is 8.90. The van der Waals surface area contributed by atoms with Crippen LogP contribution < -0.4 is 4.74 Å². The van der Waals surface area contributed by atoms with E-state index in [1.54, 1.807) is 17.0 Å². The van der Waals surface area contributed by atoms with E-state index in [1.165, 1.54) is 12.1 Å². The molecule has 2 aliphatic rings. The Hall–Kier alpha value is -1.74. The summed E-state index contributed by atoms with van der Waals surface area (Å²) in [6.07, 6.45) is 0.871. The average Bonchev–Trinajstić information content (AvgIpc) is 2.96. The van der Waals surface area contributed by atoms with Crippen molar-refractivity contribution in [3.05, 3.63) is 29.8 Å². The molecular weight excluding hydrogens is 366 g/mol. The summed E-state index contributed by atoms with van der Waals surface area (Å²) in [5, 5.41) is 0. The Morgan fingerprint density at radius 3 is 2.35 bits per heavy atom. The summed E-state index contributed by atoms with van der Waals surface area (Å²) < 4.78 is 51.8. The molecule has 1 atom stereocenters. The maximum absolute atomic E-state index is 12.4. The van der Waals surface area contributed by atoms with E-state index in [4.69, 9.17) is 0 Å². The molecule has 144 valence electrons. The van der Waals surface area contributed by atoms with Crippen LogP contribution in [0, 0.1) is 0 Å². The van der Waals surface area contributed by atoms with Gasteiger partial charge >= 0.3 is 6.61 Å². The zero-order valence-electron chi connectivity index (χ0n) is 14.3. The van der Waals surface area contributed by atoms with Gasteiger partial charge in [-0.05, 0) is 24.1 Å². The Kier molecular flexibility index (Phi) is 5.76. The lowest BCUT2D eigenvalue weighted by Crippen LogP contribution is -2.52. The van der Waals surface area contributed by atoms with Crippen LogP contribution in [0.15, 0.2) is 24.3 Å². The zero-order chi connectivity index (χ0) is 18.7. The van der Waals surface area contributed by atoms with Crippen molar-refractivity contribution in [1.82, 2.24) is 9.80 Å². The number of carbonyl (C=O) groups is 1. The minimum Gasteiger partial charge on any atom is -0.435 e. The summed E-state index contributed by atoms with van der Waals surface area (Å²) in [6, 6.07) is 6.13. The van der Waals surface area contributed by atoms with E-state index >= 15 is 0 Å². The van der Waals surface area contributed by atoms with Gasteiger partial charge in [0.05, 0.1) is 17.9 Å². The van der Waals surface area contributed by atoms with Gasteiger partial charge in [-0.1, -0.05) is 12.1 Å². The van der Waals surface area contributed by atoms with Gasteiger partial charge in [-0.25, -0.2) is 8.42 Å². The first-order chi connectivity index (χ1) is 12.3. The number of halogens is 2. The molecule has 2 saturated heterocycles. The highest BCUT2D eigenvalue weighted by Gasteiger charge is 2.34. The van der Waals surface area contributed by atoms with Crippen LogP contribution in [0.2, 0.25) is 0 Å². The van der Waals surface area contributed by atoms with Crippen LogP contribution in [0.1, 0.15) is 12.0 Å². The first kappa shape index (κ1) is 19.0. The Labute approximate surface area is 151 Å². The van der Waals surface area contributed by atoms with E-state index in [0.717, 1.165) is 5.56 Å². The number of hydrogen-bond donors (Lipinski definition) is 0. The molecule has 26 heavy (non-hydrogen) atoms. The predicted molar refractivity (Wildman–Crippen MR) is 92.0 cm³/mol. The fraction of sp³-hybridized carbons (Fsp3) is 0.588. The van der Waals surface area contributed by atoms with Crippen molar-refractivity contribution in [1.29, 1.82) is 0 Å². The molecule has 0 N–H and O–H groups in total. The van der Waals surface area contributed by atoms with Gasteiger partial charge in [0, 0.05) is 32.2 Å². The third-order valence-electron chi connectivity index (χ3n) is 4.90. The quantitative estimate of drug-likeness (QED) is 0.757. The largest absolute Gasteiger partial charge is 0.435 e. The smallest absolute Gasteiger partial charge is 0.387 e. The van der Waals surface area contributed by atoms with E-state index in [0.29, 0.717) is 32.6 Å². The lowest BCUT2D eigenvalue weighted by Gasteiger charge is -2.37. The minimum absolute atomic E-state index is 0.0220. The van der Waals surface area contributed by atoms with Crippen LogP contribution in [0.25, 0.3) is 0 Å². The van der Waals surface area contributed by atoms with Gasteiger partial charge in [-0.15, -0.1) is 0 Å². The van der Waals surface area contributed by atoms with Crippen LogP contribution in [0.4, 0.5) is 8.78 Å². The molecule has 2 aliphatic heterocycles. The number of benzene rings is 1. The van der Waals surface area contributed by atoms with E-state index < -0.39 is 16.4 Å². The van der Waals surface area contributed by atoms with Crippen molar-refractivity contribution >= 4 is 15.7 Å². The molecule has 2 fully saturated rings. The second kappa shape index (κ2) is 7.87. The van der Waals surface area contributed by atoms with E-state index in [2.05, 4.69) is 9.64 Å². The number of sulfone groups is 1. The summed E-state index contributed by atoms with van der Waals surface area (Å²) in [7, 11) is -2.91. The van der Waals surface area contributed by atoms with Gasteiger partial charge in [0.1, 0.15) is 5.75 Å². The van der Waals surface area contributed by atoms with Crippen molar-refractivity contribution < 1.29 is 26.7 Å². The molecular formula is C17H22F2N2O4S. The van der Waals surface area contributed by atoms with Crippen LogP contribution in [0.5, 0.6) is 5.75 Å². The number of carbonyl (C=O) groups excluding carboxylic acids is 1. The van der Waals surface area contributed by atoms with Gasteiger partial charge in [-0.3, -0.25) is 9.69 Å². The zero-order valence-corrected chi connectivity index (χ0v) is 15.1. The van der Waals surface area contributed by atoms with Crippen LogP contribution in [0.3, 0.4) is 0 Å². The number of nitrogens with zero attached hydrogens (tertiary/aromatic N) is 2. The van der Waals surface area contributed by atoms with Crippen LogP contribution >= 0.6 is 0 Å². The first-order valence-electron chi connectivity index (χ1n) is 8.58. The number of alkyl halides is 2. The lowest BCUT2D eigenvalue weighted by molar-refractivity contribution is -0.132. The molecule has 0 bridgehead atoms. The molecule has 0 saturated carbocycles. The monoisotopic (exact) mass is 388 g/mol. The Bertz CT molecular complexity index is 732. The van der Waals surface area contributed by atoms with Gasteiger partial charge in [0.15, 0.2) is 9.84 Å². The molecule has 0 spiro atoms. The third kappa shape index (κ3) is 4.91. The Balaban J connectivity index is 1.48. The predicted octanol–water partition coefficient (Wildman–Crippen LogP) is 1.16. The van der Waals surface area contributed by atoms with Crippen molar-refractivity contribution in [2.24, 2.45) is 0 Å². The van der Waals surface area contributed by atoms with Crippen molar-refractivity contribution in [2.45, 2.75) is 25.5 Å². The van der Waals surface area contributed by atoms with Crippen molar-refractivity contribution in [3.8, 4) is 5.75 Å². The summed E-state index contributed by atoms with van der Waals surface area (Å²) in [5.41, 5.74) is 0.737. The normalized spacial score (nSPS) is 23.3. The molecule has 9 heteroatoms. The minimum atomic E-state index is -2.91. The second-order valence-electron chi connectivity index (χ2n) is 6.67. The molecule has 6 nitrogen and oxygen atoms in total. The maximum Gasteiger partial charge on any atom is 0.387 e. The average molecular weight is 388 g/mol. The molecule has 1 aromatic carbocycles. The summed E-state index contributed by atoms with van der Waals surface area (Å²) in [5.74, 6) is 0.512. The SMILES string of the molecule is O=C(Cc1ccc(OC(F)F)cc1)N1CCN(C2CCS(=O)(=O)C2)CC1. The first-order valence-corrected chi connectivity index (χ1v) is 10.4. The van der Waals surface area contributed by atoms with Gasteiger partial charge in [0.2, 0.25) is 5.91 Å². The summed E-state index contributed by atoms with van der Waals surface area (Å²) in [4.78, 5) is 16.3. The lowest BCUT2D eigenvalue weighted by atomic mass is 10.1. The number of hydrogen-bond acceptors (Lipinski definition) is 5. The van der Waals surface area contributed by atoms with E-state index in [-0.39, 0.29) is 35.6 Å². The summed E-state index contributed by atoms with van der Waals surface area (Å²) >= 11 is 0. The molecule has 1 amide bonds. The number of amides is 1. The highest BCUT2D eigenvalue weighted by Crippen LogP contribution is 2.20. The molecule has 2 heterocycles. The molecule has 1 unspecified atom stereocenters. The van der Waals surface area contributed by atoms with Gasteiger partial charge < -0.3 is 9.64 Å². The molecule has 3 rings (SSSR count). The maximum atomic E-state index is 12.4. The van der Waals surface area contributed by atoms with Gasteiger partial charge in [-0.2, -0.15) is 8.78 Å². The number of rotatable bonds is 5. The van der Waals surface area contributed by atoms with Crippen LogP contribution in [-0.4, -0.2) is 74.5 Å². The Morgan fingerprint density at radius 2 is 1.81 bits per heavy atom. The number of ether oxygens (including phenoxy) is 1. The van der Waals surface area contributed by atoms with Crippen molar-refractivity contribution in [2.75, 3.05) is 37.7 Å². The van der Waals surface area contributed by atoms with E-state index in [1.807, 2.05) is 0 Å². The standard InChI is InChI=1S/C17H22F2N2O4S/c18-17(19)25-15-3-1-13(2-4-15)11-16(22)21-8-6-20(7-9-21)14-5-10-26(23,24)12-14/h1-4,14,17H,5-12H2. The number of piperazine rings is 1. The fourth-order valence-corrected chi connectivity index (χ4v) is 5.24. The molecule has 0 aliphatic carbocycles. The third-order valence-corrected chi connectivity index (χ3v) is 6.65. The highest BCUT2D eigenvalue weighted by atomic mass is 32.2. The topological polar surface area (TPSA) is 66.9 Å². The summed E-state index contributed by atoms with van der Waals surface area (Å²) in [6.45, 7) is -0.377. The highest BCUT2D eigenvalue weighted by molar-refractivity contribution is 7.91.